The predicted octanol–water partition coefficient (Wildman–Crippen LogP) is -0.402. The molecule has 1 heterocycles. The van der Waals surface area contributed by atoms with Gasteiger partial charge < -0.3 is 10.1 Å². The van der Waals surface area contributed by atoms with Crippen molar-refractivity contribution in [1.29, 1.82) is 0 Å². The molecule has 0 radical (unpaired) electrons. The second-order valence-electron chi connectivity index (χ2n) is 2.14. The first kappa shape index (κ1) is 9.46. The molecule has 0 atom stereocenters. The molecule has 0 unspecified atom stereocenters. The van der Waals surface area contributed by atoms with Crippen LogP contribution in [0.4, 0.5) is 11.9 Å². The number of nitrogens with two attached hydrogens (primary N) is 1. The van der Waals surface area contributed by atoms with Gasteiger partial charge in [0.25, 0.3) is 0 Å². The van der Waals surface area contributed by atoms with Gasteiger partial charge in [0.15, 0.2) is 0 Å². The van der Waals surface area contributed by atoms with E-state index in [1.807, 2.05) is 6.92 Å². The van der Waals surface area contributed by atoms with Crippen molar-refractivity contribution in [2.45, 2.75) is 6.92 Å². The summed E-state index contributed by atoms with van der Waals surface area (Å²) in [5.41, 5.74) is 2.32. The van der Waals surface area contributed by atoms with Crippen molar-refractivity contribution in [1.82, 2.24) is 15.0 Å². The number of nitrogens with one attached hydrogen (secondary N) is 2. The third-order valence-corrected chi connectivity index (χ3v) is 1.26. The van der Waals surface area contributed by atoms with Gasteiger partial charge in [-0.25, -0.2) is 5.84 Å². The van der Waals surface area contributed by atoms with E-state index in [-0.39, 0.29) is 12.0 Å². The minimum Gasteiger partial charge on any atom is -0.467 e. The summed E-state index contributed by atoms with van der Waals surface area (Å²) in [6.45, 7) is 2.66. The fraction of sp³-hybridized carbons (Fsp3) is 0.500. The summed E-state index contributed by atoms with van der Waals surface area (Å²) in [5.74, 6) is 5.85. The summed E-state index contributed by atoms with van der Waals surface area (Å²) in [7, 11) is 1.48. The average molecular weight is 184 g/mol. The Hall–Kier alpha value is -1.63. The van der Waals surface area contributed by atoms with Crippen LogP contribution in [0, 0.1) is 0 Å². The number of nitrogen functional groups attached to an aromatic ring is 1. The molecule has 1 rings (SSSR count). The number of methoxy groups -OCH3 is 1. The van der Waals surface area contributed by atoms with Crippen molar-refractivity contribution in [2.24, 2.45) is 5.84 Å². The Labute approximate surface area is 75.7 Å². The Kier molecular flexibility index (Phi) is 3.21. The fourth-order valence-electron chi connectivity index (χ4n) is 0.750. The molecule has 0 aromatic carbocycles. The third-order valence-electron chi connectivity index (χ3n) is 1.26. The smallest absolute Gasteiger partial charge is 0.322 e. The zero-order chi connectivity index (χ0) is 9.68. The second kappa shape index (κ2) is 4.41. The van der Waals surface area contributed by atoms with Crippen LogP contribution in [0.2, 0.25) is 0 Å². The van der Waals surface area contributed by atoms with Crippen molar-refractivity contribution in [3.8, 4) is 6.01 Å². The summed E-state index contributed by atoms with van der Waals surface area (Å²) in [5, 5.41) is 2.92. The lowest BCUT2D eigenvalue weighted by Gasteiger charge is -2.05. The number of hydrogen-bond donors (Lipinski definition) is 3. The topological polar surface area (TPSA) is 98.0 Å². The average Bonchev–Trinajstić information content (AvgIpc) is 2.17. The van der Waals surface area contributed by atoms with E-state index in [2.05, 4.69) is 25.7 Å². The van der Waals surface area contributed by atoms with E-state index < -0.39 is 0 Å². The molecule has 0 aliphatic rings. The van der Waals surface area contributed by atoms with Gasteiger partial charge in [-0.15, -0.1) is 0 Å². The molecule has 13 heavy (non-hydrogen) atoms. The number of anilines is 2. The number of aromatic nitrogens is 3. The minimum atomic E-state index is 0.221. The molecule has 72 valence electrons. The highest BCUT2D eigenvalue weighted by molar-refractivity contribution is 5.34. The first-order chi connectivity index (χ1) is 6.30. The lowest BCUT2D eigenvalue weighted by Crippen LogP contribution is -2.13. The first-order valence-corrected chi connectivity index (χ1v) is 3.80. The highest BCUT2D eigenvalue weighted by Crippen LogP contribution is 2.08. The van der Waals surface area contributed by atoms with Gasteiger partial charge in [0.1, 0.15) is 0 Å². The molecule has 0 bridgehead atoms. The normalized spacial score (nSPS) is 9.46. The molecule has 7 heteroatoms. The summed E-state index contributed by atoms with van der Waals surface area (Å²) in [6.07, 6.45) is 0. The van der Waals surface area contributed by atoms with E-state index >= 15 is 0 Å². The van der Waals surface area contributed by atoms with Crippen LogP contribution in [-0.4, -0.2) is 28.6 Å². The van der Waals surface area contributed by atoms with E-state index in [1.54, 1.807) is 0 Å². The van der Waals surface area contributed by atoms with Crippen LogP contribution in [0.3, 0.4) is 0 Å². The second-order valence-corrected chi connectivity index (χ2v) is 2.14. The quantitative estimate of drug-likeness (QED) is 0.432. The van der Waals surface area contributed by atoms with Crippen molar-refractivity contribution in [3.63, 3.8) is 0 Å². The number of nitrogens with zero attached hydrogens (tertiary/aromatic N) is 3. The van der Waals surface area contributed by atoms with Crippen molar-refractivity contribution in [3.05, 3.63) is 0 Å². The Morgan fingerprint density at radius 3 is 2.54 bits per heavy atom. The summed E-state index contributed by atoms with van der Waals surface area (Å²) < 4.78 is 4.85. The van der Waals surface area contributed by atoms with Crippen molar-refractivity contribution in [2.75, 3.05) is 24.4 Å². The van der Waals surface area contributed by atoms with E-state index in [9.17, 15) is 0 Å². The van der Waals surface area contributed by atoms with E-state index in [1.165, 1.54) is 7.11 Å². The molecule has 0 amide bonds. The molecule has 7 nitrogen and oxygen atoms in total. The van der Waals surface area contributed by atoms with Gasteiger partial charge in [-0.05, 0) is 6.92 Å². The summed E-state index contributed by atoms with van der Waals surface area (Å²) >= 11 is 0. The fourth-order valence-corrected chi connectivity index (χ4v) is 0.750. The van der Waals surface area contributed by atoms with Crippen LogP contribution in [0.25, 0.3) is 0 Å². The van der Waals surface area contributed by atoms with Gasteiger partial charge in [-0.3, -0.25) is 5.43 Å². The monoisotopic (exact) mass is 184 g/mol. The van der Waals surface area contributed by atoms with E-state index in [4.69, 9.17) is 10.6 Å². The van der Waals surface area contributed by atoms with Crippen LogP contribution < -0.4 is 21.3 Å². The molecular weight excluding hydrogens is 172 g/mol. The van der Waals surface area contributed by atoms with Crippen LogP contribution >= 0.6 is 0 Å². The zero-order valence-electron chi connectivity index (χ0n) is 7.53. The standard InChI is InChI=1S/C6H12N6O/c1-3-8-4-9-5(12-7)11-6(10-4)13-2/h3,7H2,1-2H3,(H2,8,9,10,11,12). The molecule has 0 fully saturated rings. The van der Waals surface area contributed by atoms with Crippen LogP contribution in [0.5, 0.6) is 6.01 Å². The van der Waals surface area contributed by atoms with Crippen molar-refractivity contribution < 1.29 is 4.74 Å². The molecular formula is C6H12N6O. The molecule has 4 N–H and O–H groups in total. The predicted molar refractivity (Wildman–Crippen MR) is 48.4 cm³/mol. The van der Waals surface area contributed by atoms with Crippen LogP contribution in [0.15, 0.2) is 0 Å². The lowest BCUT2D eigenvalue weighted by atomic mass is 10.7. The van der Waals surface area contributed by atoms with Gasteiger partial charge in [-0.2, -0.15) is 15.0 Å². The highest BCUT2D eigenvalue weighted by Gasteiger charge is 2.03. The molecule has 0 saturated carbocycles. The summed E-state index contributed by atoms with van der Waals surface area (Å²) in [4.78, 5) is 11.7. The van der Waals surface area contributed by atoms with E-state index in [0.717, 1.165) is 6.54 Å². The molecule has 0 aliphatic carbocycles. The highest BCUT2D eigenvalue weighted by atomic mass is 16.5. The van der Waals surface area contributed by atoms with Crippen LogP contribution in [-0.2, 0) is 0 Å². The molecule has 0 spiro atoms. The third kappa shape index (κ3) is 2.41. The number of hydrogen-bond acceptors (Lipinski definition) is 7. The van der Waals surface area contributed by atoms with Gasteiger partial charge in [0.05, 0.1) is 7.11 Å². The molecule has 0 saturated heterocycles. The van der Waals surface area contributed by atoms with Crippen LogP contribution in [0.1, 0.15) is 6.92 Å². The number of rotatable bonds is 4. The first-order valence-electron chi connectivity index (χ1n) is 3.80. The van der Waals surface area contributed by atoms with Gasteiger partial charge in [-0.1, -0.05) is 0 Å². The van der Waals surface area contributed by atoms with Gasteiger partial charge in [0, 0.05) is 6.54 Å². The van der Waals surface area contributed by atoms with Crippen molar-refractivity contribution >= 4 is 11.9 Å². The Bertz CT molecular complexity index is 256. The zero-order valence-corrected chi connectivity index (χ0v) is 7.53. The van der Waals surface area contributed by atoms with Gasteiger partial charge >= 0.3 is 6.01 Å². The Morgan fingerprint density at radius 1 is 1.31 bits per heavy atom. The number of ether oxygens (including phenoxy) is 1. The molecule has 1 aromatic rings. The maximum absolute atomic E-state index is 5.15. The maximum Gasteiger partial charge on any atom is 0.322 e. The minimum absolute atomic E-state index is 0.221. The Morgan fingerprint density at radius 2 is 2.00 bits per heavy atom. The SMILES string of the molecule is CCNc1nc(NN)nc(OC)n1. The largest absolute Gasteiger partial charge is 0.467 e. The maximum atomic E-state index is 5.15. The van der Waals surface area contributed by atoms with Gasteiger partial charge in [0.2, 0.25) is 11.9 Å². The number of hydrazine groups is 1. The molecule has 0 aliphatic heterocycles. The van der Waals surface area contributed by atoms with E-state index in [0.29, 0.717) is 5.95 Å². The lowest BCUT2D eigenvalue weighted by molar-refractivity contribution is 0.379. The molecule has 1 aromatic heterocycles. The summed E-state index contributed by atoms with van der Waals surface area (Å²) in [6, 6.07) is 0.221. The Balaban J connectivity index is 2.93.